The Morgan fingerprint density at radius 2 is 2.11 bits per heavy atom. The fraction of sp³-hybridized carbons (Fsp3) is 0.231. The summed E-state index contributed by atoms with van der Waals surface area (Å²) < 4.78 is 10.8. The number of nitrogens with zero attached hydrogens (tertiary/aromatic N) is 1. The van der Waals surface area contributed by atoms with E-state index in [1.807, 2.05) is 0 Å². The van der Waals surface area contributed by atoms with Gasteiger partial charge in [-0.25, -0.2) is 4.79 Å². The third-order valence-corrected chi connectivity index (χ3v) is 2.68. The number of ether oxygens (including phenoxy) is 1. The number of furan rings is 1. The van der Waals surface area contributed by atoms with Gasteiger partial charge in [0.05, 0.1) is 12.7 Å². The molecule has 0 amide bonds. The lowest BCUT2D eigenvalue weighted by molar-refractivity contribution is 0.0699. The molecule has 1 aromatic carbocycles. The average Bonchev–Trinajstić information content (AvgIpc) is 2.82. The summed E-state index contributed by atoms with van der Waals surface area (Å²) in [6.07, 6.45) is 0. The predicted molar refractivity (Wildman–Crippen MR) is 68.9 cm³/mol. The molecule has 100 valence electrons. The second-order valence-corrected chi connectivity index (χ2v) is 3.83. The summed E-state index contributed by atoms with van der Waals surface area (Å²) in [6.45, 7) is 1.70. The van der Waals surface area contributed by atoms with Crippen LogP contribution in [0.5, 0.6) is 5.75 Å². The molecule has 0 fully saturated rings. The lowest BCUT2D eigenvalue weighted by atomic mass is 10.1. The number of hydrogen-bond donors (Lipinski definition) is 1. The number of carboxylic acid groups (broad SMARTS) is 1. The summed E-state index contributed by atoms with van der Waals surface area (Å²) in [7, 11) is 2.92. The Hall–Kier alpha value is -2.50. The molecule has 0 unspecified atom stereocenters. The van der Waals surface area contributed by atoms with Gasteiger partial charge < -0.3 is 19.1 Å². The van der Waals surface area contributed by atoms with Crippen molar-refractivity contribution in [1.82, 2.24) is 0 Å². The number of fused-ring (bicyclic) bond motifs is 1. The SMILES string of the molecule is CO/N=C(/C)c1cc2c(C(=O)O)ccc(OC)c2o1. The maximum Gasteiger partial charge on any atom is 0.336 e. The average molecular weight is 263 g/mol. The van der Waals surface area contributed by atoms with Crippen LogP contribution < -0.4 is 4.74 Å². The molecule has 0 aliphatic rings. The number of benzene rings is 1. The van der Waals surface area contributed by atoms with E-state index in [4.69, 9.17) is 14.3 Å². The molecule has 1 heterocycles. The minimum Gasteiger partial charge on any atom is -0.493 e. The van der Waals surface area contributed by atoms with E-state index in [1.54, 1.807) is 19.1 Å². The summed E-state index contributed by atoms with van der Waals surface area (Å²) in [5.41, 5.74) is 1.04. The largest absolute Gasteiger partial charge is 0.493 e. The zero-order chi connectivity index (χ0) is 14.0. The van der Waals surface area contributed by atoms with E-state index >= 15 is 0 Å². The van der Waals surface area contributed by atoms with Crippen molar-refractivity contribution in [2.45, 2.75) is 6.92 Å². The van der Waals surface area contributed by atoms with Gasteiger partial charge in [0, 0.05) is 5.39 Å². The Kier molecular flexibility index (Phi) is 3.41. The van der Waals surface area contributed by atoms with Crippen molar-refractivity contribution in [3.63, 3.8) is 0 Å². The lowest BCUT2D eigenvalue weighted by Gasteiger charge is -2.02. The molecule has 0 bridgehead atoms. The molecule has 0 spiro atoms. The van der Waals surface area contributed by atoms with E-state index in [0.717, 1.165) is 0 Å². The smallest absolute Gasteiger partial charge is 0.336 e. The van der Waals surface area contributed by atoms with Gasteiger partial charge in [-0.05, 0) is 25.1 Å². The molecule has 19 heavy (non-hydrogen) atoms. The first-order valence-electron chi connectivity index (χ1n) is 5.50. The first-order valence-corrected chi connectivity index (χ1v) is 5.50. The van der Waals surface area contributed by atoms with Crippen molar-refractivity contribution < 1.29 is 23.9 Å². The lowest BCUT2D eigenvalue weighted by Crippen LogP contribution is -1.97. The summed E-state index contributed by atoms with van der Waals surface area (Å²) in [4.78, 5) is 15.9. The number of carbonyl (C=O) groups is 1. The highest BCUT2D eigenvalue weighted by Crippen LogP contribution is 2.31. The van der Waals surface area contributed by atoms with Crippen LogP contribution in [0.3, 0.4) is 0 Å². The molecule has 0 saturated heterocycles. The zero-order valence-corrected chi connectivity index (χ0v) is 10.8. The van der Waals surface area contributed by atoms with Crippen molar-refractivity contribution in [2.75, 3.05) is 14.2 Å². The van der Waals surface area contributed by atoms with Crippen LogP contribution in [0.4, 0.5) is 0 Å². The maximum absolute atomic E-state index is 11.2. The number of carboxylic acids is 1. The Morgan fingerprint density at radius 1 is 1.37 bits per heavy atom. The van der Waals surface area contributed by atoms with Crippen LogP contribution in [0, 0.1) is 0 Å². The Morgan fingerprint density at radius 3 is 2.68 bits per heavy atom. The van der Waals surface area contributed by atoms with Gasteiger partial charge in [-0.15, -0.1) is 0 Å². The second kappa shape index (κ2) is 5.01. The van der Waals surface area contributed by atoms with Crippen LogP contribution in [0.15, 0.2) is 27.8 Å². The van der Waals surface area contributed by atoms with E-state index in [1.165, 1.54) is 20.3 Å². The van der Waals surface area contributed by atoms with Gasteiger partial charge in [0.15, 0.2) is 17.1 Å². The highest BCUT2D eigenvalue weighted by Gasteiger charge is 2.18. The molecule has 1 aromatic heterocycles. The molecule has 6 heteroatoms. The Bertz CT molecular complexity index is 656. The van der Waals surface area contributed by atoms with Gasteiger partial charge in [0.2, 0.25) is 0 Å². The molecule has 2 rings (SSSR count). The van der Waals surface area contributed by atoms with Gasteiger partial charge in [0.25, 0.3) is 0 Å². The normalized spacial score (nSPS) is 11.6. The van der Waals surface area contributed by atoms with Crippen LogP contribution in [0.1, 0.15) is 23.0 Å². The van der Waals surface area contributed by atoms with Crippen LogP contribution >= 0.6 is 0 Å². The topological polar surface area (TPSA) is 81.3 Å². The standard InChI is InChI=1S/C13H13NO5/c1-7(14-18-3)11-6-9-8(13(15)16)4-5-10(17-2)12(9)19-11/h4-6H,1-3H3,(H,15,16)/b14-7-. The molecule has 1 N–H and O–H groups in total. The first kappa shape index (κ1) is 12.9. The van der Waals surface area contributed by atoms with Crippen molar-refractivity contribution in [1.29, 1.82) is 0 Å². The fourth-order valence-corrected chi connectivity index (χ4v) is 1.81. The molecule has 2 aromatic rings. The van der Waals surface area contributed by atoms with Crippen molar-refractivity contribution in [2.24, 2.45) is 5.16 Å². The molecule has 0 aliphatic heterocycles. The summed E-state index contributed by atoms with van der Waals surface area (Å²) in [6, 6.07) is 4.65. The molecule has 0 aliphatic carbocycles. The number of rotatable bonds is 4. The Balaban J connectivity index is 2.71. The minimum atomic E-state index is -1.03. The van der Waals surface area contributed by atoms with Crippen LogP contribution in [-0.2, 0) is 4.84 Å². The second-order valence-electron chi connectivity index (χ2n) is 3.83. The first-order chi connectivity index (χ1) is 9.08. The highest BCUT2D eigenvalue weighted by molar-refractivity contribution is 6.07. The third-order valence-electron chi connectivity index (χ3n) is 2.68. The van der Waals surface area contributed by atoms with E-state index in [0.29, 0.717) is 28.2 Å². The molecule has 0 saturated carbocycles. The van der Waals surface area contributed by atoms with Crippen molar-refractivity contribution in [3.05, 3.63) is 29.5 Å². The minimum absolute atomic E-state index is 0.149. The predicted octanol–water partition coefficient (Wildman–Crippen LogP) is 2.51. The van der Waals surface area contributed by atoms with Gasteiger partial charge in [-0.3, -0.25) is 0 Å². The van der Waals surface area contributed by atoms with Gasteiger partial charge >= 0.3 is 5.97 Å². The van der Waals surface area contributed by atoms with Crippen LogP contribution in [0.25, 0.3) is 11.0 Å². The van der Waals surface area contributed by atoms with E-state index < -0.39 is 5.97 Å². The van der Waals surface area contributed by atoms with E-state index in [-0.39, 0.29) is 5.56 Å². The number of methoxy groups -OCH3 is 1. The number of oxime groups is 1. The maximum atomic E-state index is 11.2. The van der Waals surface area contributed by atoms with Crippen LogP contribution in [-0.4, -0.2) is 31.0 Å². The molecule has 6 nitrogen and oxygen atoms in total. The third kappa shape index (κ3) is 2.24. The van der Waals surface area contributed by atoms with Gasteiger partial charge in [0.1, 0.15) is 12.8 Å². The Labute approximate surface area is 109 Å². The van der Waals surface area contributed by atoms with Gasteiger partial charge in [-0.1, -0.05) is 5.16 Å². The monoisotopic (exact) mass is 263 g/mol. The molecule has 0 radical (unpaired) electrons. The molecular formula is C13H13NO5. The summed E-state index contributed by atoms with van der Waals surface area (Å²) >= 11 is 0. The fourth-order valence-electron chi connectivity index (χ4n) is 1.81. The summed E-state index contributed by atoms with van der Waals surface area (Å²) in [5.74, 6) is -0.123. The molecular weight excluding hydrogens is 250 g/mol. The van der Waals surface area contributed by atoms with Crippen molar-refractivity contribution >= 4 is 22.7 Å². The van der Waals surface area contributed by atoms with Crippen LogP contribution in [0.2, 0.25) is 0 Å². The summed E-state index contributed by atoms with van der Waals surface area (Å²) in [5, 5.41) is 13.4. The number of aromatic carboxylic acids is 1. The highest BCUT2D eigenvalue weighted by atomic mass is 16.6. The van der Waals surface area contributed by atoms with E-state index in [2.05, 4.69) is 9.99 Å². The van der Waals surface area contributed by atoms with Gasteiger partial charge in [-0.2, -0.15) is 0 Å². The quantitative estimate of drug-likeness (QED) is 0.677. The number of hydrogen-bond acceptors (Lipinski definition) is 5. The van der Waals surface area contributed by atoms with Crippen molar-refractivity contribution in [3.8, 4) is 5.75 Å². The van der Waals surface area contributed by atoms with E-state index in [9.17, 15) is 4.79 Å². The zero-order valence-electron chi connectivity index (χ0n) is 10.8. The molecule has 0 atom stereocenters.